The molecule has 2 aromatic rings. The second-order valence-corrected chi connectivity index (χ2v) is 7.94. The molecule has 1 aliphatic heterocycles. The van der Waals surface area contributed by atoms with Gasteiger partial charge in [-0.2, -0.15) is 0 Å². The zero-order valence-corrected chi connectivity index (χ0v) is 16.4. The molecule has 0 atom stereocenters. The Kier molecular flexibility index (Phi) is 5.41. The number of anilines is 2. The lowest BCUT2D eigenvalue weighted by Crippen LogP contribution is -2.30. The van der Waals surface area contributed by atoms with Crippen LogP contribution >= 0.6 is 11.8 Å². The van der Waals surface area contributed by atoms with Gasteiger partial charge in [0.2, 0.25) is 5.95 Å². The summed E-state index contributed by atoms with van der Waals surface area (Å²) in [5.74, 6) is 1.39. The summed E-state index contributed by atoms with van der Waals surface area (Å²) in [5.41, 5.74) is 1.04. The minimum Gasteiger partial charge on any atom is -0.494 e. The molecule has 26 heavy (non-hydrogen) atoms. The van der Waals surface area contributed by atoms with Crippen molar-refractivity contribution in [2.45, 2.75) is 44.1 Å². The lowest BCUT2D eigenvalue weighted by Gasteiger charge is -2.20. The van der Waals surface area contributed by atoms with E-state index >= 15 is 0 Å². The molecule has 0 N–H and O–H groups in total. The Labute approximate surface area is 157 Å². The quantitative estimate of drug-likeness (QED) is 0.542. The van der Waals surface area contributed by atoms with Gasteiger partial charge < -0.3 is 14.4 Å². The first-order valence-electron chi connectivity index (χ1n) is 8.76. The molecule has 8 heteroatoms. The smallest absolute Gasteiger partial charge is 0.322 e. The van der Waals surface area contributed by atoms with Crippen LogP contribution < -0.4 is 9.64 Å². The molecule has 0 aliphatic carbocycles. The lowest BCUT2D eigenvalue weighted by atomic mass is 10.2. The molecule has 1 aromatic heterocycles. The highest BCUT2D eigenvalue weighted by molar-refractivity contribution is 8.01. The molecule has 0 radical (unpaired) electrons. The van der Waals surface area contributed by atoms with Crippen LogP contribution in [0.2, 0.25) is 0 Å². The molecule has 3 rings (SSSR count). The topological polar surface area (TPSA) is 69.5 Å². The molecule has 0 amide bonds. The van der Waals surface area contributed by atoms with Crippen molar-refractivity contribution in [3.63, 3.8) is 0 Å². The van der Waals surface area contributed by atoms with E-state index < -0.39 is 4.75 Å². The monoisotopic (exact) mass is 376 g/mol. The zero-order chi connectivity index (χ0) is 18.7. The third kappa shape index (κ3) is 3.65. The van der Waals surface area contributed by atoms with Gasteiger partial charge in [0, 0.05) is 18.8 Å². The van der Waals surface area contributed by atoms with Crippen LogP contribution in [0.1, 0.15) is 27.7 Å². The van der Waals surface area contributed by atoms with Gasteiger partial charge in [-0.15, -0.1) is 10.2 Å². The summed E-state index contributed by atoms with van der Waals surface area (Å²) in [4.78, 5) is 14.3. The number of benzene rings is 1. The number of carbonyl (C=O) groups is 1. The van der Waals surface area contributed by atoms with Crippen molar-refractivity contribution in [1.82, 2.24) is 14.8 Å². The van der Waals surface area contributed by atoms with Gasteiger partial charge in [-0.3, -0.25) is 9.36 Å². The highest BCUT2D eigenvalue weighted by Crippen LogP contribution is 2.37. The van der Waals surface area contributed by atoms with E-state index in [0.717, 1.165) is 35.6 Å². The molecule has 0 fully saturated rings. The van der Waals surface area contributed by atoms with E-state index in [1.54, 1.807) is 0 Å². The van der Waals surface area contributed by atoms with Gasteiger partial charge in [0.05, 0.1) is 13.2 Å². The van der Waals surface area contributed by atoms with Crippen molar-refractivity contribution >= 4 is 29.4 Å². The Hall–Kier alpha value is -2.22. The second kappa shape index (κ2) is 7.57. The molecular weight excluding hydrogens is 352 g/mol. The molecule has 7 nitrogen and oxygen atoms in total. The second-order valence-electron chi connectivity index (χ2n) is 6.35. The molecule has 1 aliphatic rings. The number of ether oxygens (including phenoxy) is 2. The van der Waals surface area contributed by atoms with Gasteiger partial charge in [0.1, 0.15) is 10.5 Å². The van der Waals surface area contributed by atoms with Gasteiger partial charge in [0.15, 0.2) is 5.16 Å². The first-order chi connectivity index (χ1) is 12.5. The first kappa shape index (κ1) is 18.6. The number of thioether (sulfide) groups is 1. The summed E-state index contributed by atoms with van der Waals surface area (Å²) < 4.78 is 12.0. The molecule has 0 spiro atoms. The van der Waals surface area contributed by atoms with E-state index in [-0.39, 0.29) is 5.97 Å². The van der Waals surface area contributed by atoms with E-state index in [4.69, 9.17) is 9.47 Å². The molecular formula is C18H24N4O3S. The highest BCUT2D eigenvalue weighted by Gasteiger charge is 2.35. The van der Waals surface area contributed by atoms with E-state index in [2.05, 4.69) is 15.1 Å². The minimum absolute atomic E-state index is 0.247. The fourth-order valence-electron chi connectivity index (χ4n) is 2.76. The van der Waals surface area contributed by atoms with Crippen LogP contribution in [0.25, 0.3) is 0 Å². The summed E-state index contributed by atoms with van der Waals surface area (Å²) in [6.45, 7) is 10.1. The summed E-state index contributed by atoms with van der Waals surface area (Å²) in [6, 6.07) is 7.95. The van der Waals surface area contributed by atoms with Crippen molar-refractivity contribution in [3.8, 4) is 5.75 Å². The molecule has 2 heterocycles. The Bertz CT molecular complexity index is 773. The summed E-state index contributed by atoms with van der Waals surface area (Å²) in [7, 11) is 0. The number of esters is 1. The number of nitrogens with zero attached hydrogens (tertiary/aromatic N) is 4. The van der Waals surface area contributed by atoms with Crippen LogP contribution in [-0.2, 0) is 16.1 Å². The molecule has 0 saturated carbocycles. The van der Waals surface area contributed by atoms with Crippen molar-refractivity contribution in [1.29, 1.82) is 0 Å². The average molecular weight is 376 g/mol. The largest absolute Gasteiger partial charge is 0.494 e. The summed E-state index contributed by atoms with van der Waals surface area (Å²) in [5, 5.41) is 9.36. The molecule has 0 bridgehead atoms. The Morgan fingerprint density at radius 1 is 1.15 bits per heavy atom. The fourth-order valence-corrected chi connectivity index (χ4v) is 3.72. The number of hydrogen-bond acceptors (Lipinski definition) is 7. The van der Waals surface area contributed by atoms with Crippen molar-refractivity contribution in [2.24, 2.45) is 0 Å². The van der Waals surface area contributed by atoms with E-state index in [0.29, 0.717) is 13.2 Å². The van der Waals surface area contributed by atoms with Crippen molar-refractivity contribution in [3.05, 3.63) is 24.3 Å². The van der Waals surface area contributed by atoms with Crippen LogP contribution in [0.5, 0.6) is 5.75 Å². The van der Waals surface area contributed by atoms with Crippen LogP contribution in [0, 0.1) is 0 Å². The van der Waals surface area contributed by atoms with Gasteiger partial charge in [-0.25, -0.2) is 0 Å². The number of fused-ring (bicyclic) bond motifs is 1. The maximum atomic E-state index is 12.1. The Balaban J connectivity index is 1.78. The maximum Gasteiger partial charge on any atom is 0.322 e. The van der Waals surface area contributed by atoms with E-state index in [9.17, 15) is 4.79 Å². The molecule has 1 aromatic carbocycles. The predicted octanol–water partition coefficient (Wildman–Crippen LogP) is 3.26. The highest BCUT2D eigenvalue weighted by atomic mass is 32.2. The molecule has 0 saturated heterocycles. The number of rotatable bonds is 7. The summed E-state index contributed by atoms with van der Waals surface area (Å²) >= 11 is 1.38. The van der Waals surface area contributed by atoms with Crippen LogP contribution in [-0.4, -0.2) is 45.2 Å². The minimum atomic E-state index is -0.716. The molecule has 0 unspecified atom stereocenters. The van der Waals surface area contributed by atoms with Crippen LogP contribution in [0.3, 0.4) is 0 Å². The van der Waals surface area contributed by atoms with Crippen LogP contribution in [0.4, 0.5) is 11.6 Å². The number of aromatic nitrogens is 3. The number of hydrogen-bond donors (Lipinski definition) is 0. The van der Waals surface area contributed by atoms with E-state index in [1.165, 1.54) is 11.8 Å². The first-order valence-corrected chi connectivity index (χ1v) is 9.57. The normalized spacial score (nSPS) is 13.6. The average Bonchev–Trinajstić information content (AvgIpc) is 3.19. The zero-order valence-electron chi connectivity index (χ0n) is 15.6. The van der Waals surface area contributed by atoms with Gasteiger partial charge in [-0.1, -0.05) is 11.8 Å². The SMILES string of the molecule is CCOC(=O)C(C)(C)Sc1nnc2n1CCN2c1ccc(OCC)cc1. The summed E-state index contributed by atoms with van der Waals surface area (Å²) in [6.07, 6.45) is 0. The predicted molar refractivity (Wildman–Crippen MR) is 101 cm³/mol. The fraction of sp³-hybridized carbons (Fsp3) is 0.500. The Morgan fingerprint density at radius 3 is 2.54 bits per heavy atom. The third-order valence-corrected chi connectivity index (χ3v) is 5.22. The molecule has 140 valence electrons. The van der Waals surface area contributed by atoms with Crippen molar-refractivity contribution in [2.75, 3.05) is 24.7 Å². The van der Waals surface area contributed by atoms with Crippen molar-refractivity contribution < 1.29 is 14.3 Å². The Morgan fingerprint density at radius 2 is 1.88 bits per heavy atom. The van der Waals surface area contributed by atoms with Crippen LogP contribution in [0.15, 0.2) is 29.4 Å². The maximum absolute atomic E-state index is 12.1. The third-order valence-electron chi connectivity index (χ3n) is 4.06. The lowest BCUT2D eigenvalue weighted by molar-refractivity contribution is -0.145. The standard InChI is InChI=1S/C18H24N4O3S/c1-5-24-14-9-7-13(8-10-14)21-11-12-22-16(21)19-20-17(22)26-18(3,4)15(23)25-6-2/h7-10H,5-6,11-12H2,1-4H3. The van der Waals surface area contributed by atoms with Gasteiger partial charge in [0.25, 0.3) is 0 Å². The van der Waals surface area contributed by atoms with E-state index in [1.807, 2.05) is 56.5 Å². The van der Waals surface area contributed by atoms with Gasteiger partial charge in [-0.05, 0) is 52.0 Å². The van der Waals surface area contributed by atoms with Gasteiger partial charge >= 0.3 is 5.97 Å². The number of carbonyl (C=O) groups excluding carboxylic acids is 1.